The van der Waals surface area contributed by atoms with Gasteiger partial charge >= 0.3 is 11.8 Å². The Labute approximate surface area is 164 Å². The number of hydrogen-bond acceptors (Lipinski definition) is 0. The van der Waals surface area contributed by atoms with Gasteiger partial charge in [-0.15, -0.1) is 0 Å². The van der Waals surface area contributed by atoms with Gasteiger partial charge in [0.15, 0.2) is 0 Å². The first-order valence-electron chi connectivity index (χ1n) is 10.3. The Morgan fingerprint density at radius 3 is 2.14 bits per heavy atom. The zero-order valence-corrected chi connectivity index (χ0v) is 16.2. The Bertz CT molecular complexity index is 830. The molecule has 2 aromatic rings. The van der Waals surface area contributed by atoms with Crippen molar-refractivity contribution in [3.05, 3.63) is 59.2 Å². The summed E-state index contributed by atoms with van der Waals surface area (Å²) in [4.78, 5) is 0. The van der Waals surface area contributed by atoms with E-state index in [4.69, 9.17) is 0 Å². The van der Waals surface area contributed by atoms with Crippen molar-refractivity contribution in [2.75, 3.05) is 0 Å². The maximum atomic E-state index is 14.1. The average molecular weight is 390 g/mol. The van der Waals surface area contributed by atoms with Gasteiger partial charge in [0, 0.05) is 12.0 Å². The molecule has 0 N–H and O–H groups in total. The molecule has 4 rings (SSSR count). The molecule has 1 fully saturated rings. The Morgan fingerprint density at radius 2 is 1.50 bits per heavy atom. The van der Waals surface area contributed by atoms with E-state index in [0.717, 1.165) is 17.0 Å². The molecular formula is C24H26F4. The first kappa shape index (κ1) is 19.5. The molecule has 0 radical (unpaired) electrons. The average Bonchev–Trinajstić information content (AvgIpc) is 2.71. The molecule has 2 aromatic carbocycles. The van der Waals surface area contributed by atoms with Crippen LogP contribution in [0.15, 0.2) is 42.5 Å². The normalized spacial score (nSPS) is 25.9. The van der Waals surface area contributed by atoms with E-state index in [0.29, 0.717) is 11.5 Å². The van der Waals surface area contributed by atoms with E-state index in [2.05, 4.69) is 19.1 Å². The molecule has 4 heteroatoms. The number of hydrogen-bond donors (Lipinski definition) is 0. The zero-order chi connectivity index (χ0) is 19.9. The van der Waals surface area contributed by atoms with Gasteiger partial charge in [-0.05, 0) is 66.2 Å². The van der Waals surface area contributed by atoms with Crippen molar-refractivity contribution in [1.82, 2.24) is 0 Å². The van der Waals surface area contributed by atoms with Crippen LogP contribution in [0.1, 0.15) is 68.1 Å². The van der Waals surface area contributed by atoms with Crippen LogP contribution in [0.4, 0.5) is 17.6 Å². The largest absolute Gasteiger partial charge is 0.335 e. The van der Waals surface area contributed by atoms with Gasteiger partial charge < -0.3 is 0 Å². The summed E-state index contributed by atoms with van der Waals surface area (Å²) in [6.07, 6.45) is 5.44. The van der Waals surface area contributed by atoms with E-state index >= 15 is 0 Å². The summed E-state index contributed by atoms with van der Waals surface area (Å²) in [5, 5.41) is 0. The third-order valence-electron chi connectivity index (χ3n) is 6.75. The minimum Gasteiger partial charge on any atom is -0.199 e. The van der Waals surface area contributed by atoms with Gasteiger partial charge in [-0.3, -0.25) is 0 Å². The van der Waals surface area contributed by atoms with Crippen LogP contribution >= 0.6 is 0 Å². The zero-order valence-electron chi connectivity index (χ0n) is 16.2. The number of rotatable bonds is 3. The molecule has 0 aromatic heterocycles. The van der Waals surface area contributed by atoms with Crippen LogP contribution in [-0.2, 0) is 12.3 Å². The van der Waals surface area contributed by atoms with E-state index in [9.17, 15) is 17.6 Å². The quantitative estimate of drug-likeness (QED) is 0.471. The molecule has 0 spiro atoms. The number of fused-ring (bicyclic) bond motifs is 1. The summed E-state index contributed by atoms with van der Waals surface area (Å²) >= 11 is 0. The smallest absolute Gasteiger partial charge is 0.199 e. The SMILES string of the molecule is CCC1CCC(c2ccc(-c3ccc4c(c3)CCC(F)(F)C4(F)F)cc2)CC1. The summed E-state index contributed by atoms with van der Waals surface area (Å²) in [5.41, 5.74) is 2.88. The highest BCUT2D eigenvalue weighted by Crippen LogP contribution is 2.50. The maximum Gasteiger partial charge on any atom is 0.335 e. The first-order valence-corrected chi connectivity index (χ1v) is 10.3. The Kier molecular flexibility index (Phi) is 5.01. The highest BCUT2D eigenvalue weighted by molar-refractivity contribution is 5.66. The maximum absolute atomic E-state index is 14.1. The molecule has 0 amide bonds. The van der Waals surface area contributed by atoms with Crippen LogP contribution in [0.5, 0.6) is 0 Å². The molecule has 0 bridgehead atoms. The van der Waals surface area contributed by atoms with E-state index in [1.54, 1.807) is 6.07 Å². The lowest BCUT2D eigenvalue weighted by molar-refractivity contribution is -0.224. The van der Waals surface area contributed by atoms with Crippen LogP contribution in [0.25, 0.3) is 11.1 Å². The number of aryl methyl sites for hydroxylation is 1. The van der Waals surface area contributed by atoms with Gasteiger partial charge in [-0.1, -0.05) is 55.8 Å². The molecule has 0 atom stereocenters. The number of benzene rings is 2. The standard InChI is InChI=1S/C24H26F4/c1-2-16-3-5-17(6-4-16)18-7-9-19(10-8-18)20-11-12-22-21(15-20)13-14-23(25,26)24(22,27)28/h7-12,15-17H,2-6,13-14H2,1H3. The van der Waals surface area contributed by atoms with Crippen LogP contribution < -0.4 is 0 Å². The topological polar surface area (TPSA) is 0 Å². The minimum atomic E-state index is -4.10. The third-order valence-corrected chi connectivity index (χ3v) is 6.75. The molecule has 0 heterocycles. The van der Waals surface area contributed by atoms with Gasteiger partial charge in [0.2, 0.25) is 0 Å². The van der Waals surface area contributed by atoms with Crippen molar-refractivity contribution in [3.8, 4) is 11.1 Å². The van der Waals surface area contributed by atoms with E-state index in [1.807, 2.05) is 12.1 Å². The molecule has 0 saturated heterocycles. The fraction of sp³-hybridized carbons (Fsp3) is 0.500. The molecular weight excluding hydrogens is 364 g/mol. The number of alkyl halides is 4. The predicted molar refractivity (Wildman–Crippen MR) is 104 cm³/mol. The Balaban J connectivity index is 1.54. The monoisotopic (exact) mass is 390 g/mol. The van der Waals surface area contributed by atoms with Crippen molar-refractivity contribution < 1.29 is 17.6 Å². The van der Waals surface area contributed by atoms with Crippen molar-refractivity contribution in [3.63, 3.8) is 0 Å². The second-order valence-corrected chi connectivity index (χ2v) is 8.40. The second-order valence-electron chi connectivity index (χ2n) is 8.40. The predicted octanol–water partition coefficient (Wildman–Crippen LogP) is 7.71. The van der Waals surface area contributed by atoms with Crippen LogP contribution in [0.3, 0.4) is 0 Å². The van der Waals surface area contributed by atoms with Crippen LogP contribution in [-0.4, -0.2) is 5.92 Å². The first-order chi connectivity index (χ1) is 13.3. The highest BCUT2D eigenvalue weighted by Gasteiger charge is 2.59. The van der Waals surface area contributed by atoms with Crippen LogP contribution in [0, 0.1) is 5.92 Å². The lowest BCUT2D eigenvalue weighted by Gasteiger charge is -2.33. The molecule has 0 unspecified atom stereocenters. The molecule has 1 saturated carbocycles. The highest BCUT2D eigenvalue weighted by atomic mass is 19.3. The summed E-state index contributed by atoms with van der Waals surface area (Å²) in [7, 11) is 0. The second kappa shape index (κ2) is 7.20. The summed E-state index contributed by atoms with van der Waals surface area (Å²) < 4.78 is 55.3. The molecule has 150 valence electrons. The molecule has 0 aliphatic heterocycles. The molecule has 2 aliphatic carbocycles. The van der Waals surface area contributed by atoms with Gasteiger partial charge in [-0.2, -0.15) is 17.6 Å². The lowest BCUT2D eigenvalue weighted by atomic mass is 9.77. The van der Waals surface area contributed by atoms with Crippen LogP contribution in [0.2, 0.25) is 0 Å². The van der Waals surface area contributed by atoms with Crippen molar-refractivity contribution in [1.29, 1.82) is 0 Å². The summed E-state index contributed by atoms with van der Waals surface area (Å²) in [6, 6.07) is 12.7. The van der Waals surface area contributed by atoms with Gasteiger partial charge in [0.1, 0.15) is 0 Å². The van der Waals surface area contributed by atoms with Crippen molar-refractivity contribution >= 4 is 0 Å². The fourth-order valence-corrected chi connectivity index (χ4v) is 4.78. The molecule has 28 heavy (non-hydrogen) atoms. The van der Waals surface area contributed by atoms with E-state index < -0.39 is 23.8 Å². The van der Waals surface area contributed by atoms with E-state index in [-0.39, 0.29) is 6.42 Å². The summed E-state index contributed by atoms with van der Waals surface area (Å²) in [5.74, 6) is -6.61. The lowest BCUT2D eigenvalue weighted by Crippen LogP contribution is -2.42. The van der Waals surface area contributed by atoms with Gasteiger partial charge in [0.05, 0.1) is 0 Å². The van der Waals surface area contributed by atoms with Crippen molar-refractivity contribution in [2.45, 2.75) is 69.6 Å². The fourth-order valence-electron chi connectivity index (χ4n) is 4.78. The molecule has 0 nitrogen and oxygen atoms in total. The Hall–Kier alpha value is -1.84. The molecule has 2 aliphatic rings. The Morgan fingerprint density at radius 1 is 0.857 bits per heavy atom. The summed E-state index contributed by atoms with van der Waals surface area (Å²) in [6.45, 7) is 2.26. The van der Waals surface area contributed by atoms with E-state index in [1.165, 1.54) is 49.8 Å². The van der Waals surface area contributed by atoms with Crippen molar-refractivity contribution in [2.24, 2.45) is 5.92 Å². The van der Waals surface area contributed by atoms with Gasteiger partial charge in [0.25, 0.3) is 0 Å². The van der Waals surface area contributed by atoms with Gasteiger partial charge in [-0.25, -0.2) is 0 Å². The minimum absolute atomic E-state index is 0.0233. The number of halogens is 4. The third kappa shape index (κ3) is 3.35.